The monoisotopic (exact) mass is 486 g/mol. The van der Waals surface area contributed by atoms with Crippen molar-refractivity contribution in [2.45, 2.75) is 31.6 Å². The van der Waals surface area contributed by atoms with Crippen LogP contribution in [0, 0.1) is 17.0 Å². The lowest BCUT2D eigenvalue weighted by atomic mass is 10.0. The number of benzene rings is 2. The van der Waals surface area contributed by atoms with E-state index in [1.165, 1.54) is 12.1 Å². The second-order valence-corrected chi connectivity index (χ2v) is 10.0. The molecule has 0 radical (unpaired) electrons. The number of nitro benzene ring substituents is 1. The number of aryl methyl sites for hydroxylation is 1. The van der Waals surface area contributed by atoms with Crippen LogP contribution < -0.4 is 10.6 Å². The Bertz CT molecular complexity index is 1330. The van der Waals surface area contributed by atoms with E-state index in [-0.39, 0.29) is 41.1 Å². The molecule has 0 spiro atoms. The van der Waals surface area contributed by atoms with Gasteiger partial charge >= 0.3 is 0 Å². The average molecular weight is 487 g/mol. The highest BCUT2D eigenvalue weighted by Crippen LogP contribution is 2.27. The molecule has 0 unspecified atom stereocenters. The van der Waals surface area contributed by atoms with Crippen molar-refractivity contribution >= 4 is 27.1 Å². The maximum absolute atomic E-state index is 12.5. The van der Waals surface area contributed by atoms with Gasteiger partial charge in [-0.15, -0.1) is 5.10 Å². The molecular formula is C22H26N6O5S. The molecule has 2 N–H and O–H groups in total. The number of aromatic nitrogens is 3. The van der Waals surface area contributed by atoms with E-state index in [1.54, 1.807) is 11.6 Å². The van der Waals surface area contributed by atoms with E-state index in [9.17, 15) is 23.3 Å². The standard InChI is InChI=1S/C22H26N6O5S/c1-14(2)17-7-5-6-8-19(17)27-15(3)25-21(26-27)22(29)24-12-11-23-18-10-9-16(34(4,32)33)13-20(18)28(30)31/h5-10,13-14,23H,11-12H2,1-4H3,(H,24,29). The molecule has 180 valence electrons. The van der Waals surface area contributed by atoms with Crippen LogP contribution >= 0.6 is 0 Å². The lowest BCUT2D eigenvalue weighted by Crippen LogP contribution is -2.29. The molecule has 1 amide bonds. The van der Waals surface area contributed by atoms with Crippen LogP contribution in [0.1, 0.15) is 41.8 Å². The van der Waals surface area contributed by atoms with Crippen molar-refractivity contribution in [2.75, 3.05) is 24.7 Å². The largest absolute Gasteiger partial charge is 0.378 e. The van der Waals surface area contributed by atoms with E-state index in [0.29, 0.717) is 5.82 Å². The van der Waals surface area contributed by atoms with E-state index in [2.05, 4.69) is 34.6 Å². The van der Waals surface area contributed by atoms with Gasteiger partial charge in [-0.2, -0.15) is 0 Å². The van der Waals surface area contributed by atoms with Crippen molar-refractivity contribution in [3.8, 4) is 5.69 Å². The van der Waals surface area contributed by atoms with Crippen LogP contribution in [0.3, 0.4) is 0 Å². The third-order valence-electron chi connectivity index (χ3n) is 5.08. The highest BCUT2D eigenvalue weighted by molar-refractivity contribution is 7.90. The Labute approximate surface area is 197 Å². The Morgan fingerprint density at radius 1 is 1.18 bits per heavy atom. The lowest BCUT2D eigenvalue weighted by molar-refractivity contribution is -0.384. The highest BCUT2D eigenvalue weighted by Gasteiger charge is 2.20. The summed E-state index contributed by atoms with van der Waals surface area (Å²) in [6, 6.07) is 11.4. The zero-order chi connectivity index (χ0) is 25.0. The van der Waals surface area contributed by atoms with Crippen LogP contribution in [0.4, 0.5) is 11.4 Å². The van der Waals surface area contributed by atoms with Crippen molar-refractivity contribution in [1.82, 2.24) is 20.1 Å². The maximum atomic E-state index is 12.5. The molecule has 12 heteroatoms. The number of nitro groups is 1. The van der Waals surface area contributed by atoms with Gasteiger partial charge in [-0.05, 0) is 36.6 Å². The number of carbonyl (C=O) groups excluding carboxylic acids is 1. The van der Waals surface area contributed by atoms with E-state index in [0.717, 1.165) is 23.6 Å². The van der Waals surface area contributed by atoms with E-state index < -0.39 is 20.7 Å². The maximum Gasteiger partial charge on any atom is 0.293 e. The molecule has 0 fully saturated rings. The van der Waals surface area contributed by atoms with Gasteiger partial charge in [0, 0.05) is 25.4 Å². The first-order valence-electron chi connectivity index (χ1n) is 10.5. The van der Waals surface area contributed by atoms with Crippen LogP contribution in [0.25, 0.3) is 5.69 Å². The Morgan fingerprint density at radius 3 is 2.53 bits per heavy atom. The average Bonchev–Trinajstić information content (AvgIpc) is 3.17. The fraction of sp³-hybridized carbons (Fsp3) is 0.318. The third kappa shape index (κ3) is 5.57. The smallest absolute Gasteiger partial charge is 0.293 e. The molecule has 0 bridgehead atoms. The molecule has 3 aromatic rings. The number of hydrogen-bond donors (Lipinski definition) is 2. The fourth-order valence-electron chi connectivity index (χ4n) is 3.38. The summed E-state index contributed by atoms with van der Waals surface area (Å²) in [5, 5.41) is 21.2. The summed E-state index contributed by atoms with van der Waals surface area (Å²) in [6.07, 6.45) is 0.979. The van der Waals surface area contributed by atoms with Crippen LogP contribution in [-0.2, 0) is 9.84 Å². The summed E-state index contributed by atoms with van der Waals surface area (Å²) in [4.78, 5) is 27.3. The number of hydrogen-bond acceptors (Lipinski definition) is 8. The number of amides is 1. The van der Waals surface area contributed by atoms with Crippen LogP contribution in [0.15, 0.2) is 47.4 Å². The Balaban J connectivity index is 1.66. The minimum absolute atomic E-state index is 0.0135. The SMILES string of the molecule is Cc1nc(C(=O)NCCNc2ccc(S(C)(=O)=O)cc2[N+](=O)[O-])nn1-c1ccccc1C(C)C. The molecule has 34 heavy (non-hydrogen) atoms. The first kappa shape index (κ1) is 24.8. The van der Waals surface area contributed by atoms with Crippen LogP contribution in [-0.4, -0.2) is 53.4 Å². The molecule has 1 heterocycles. The molecule has 0 saturated heterocycles. The second kappa shape index (κ2) is 10.00. The van der Waals surface area contributed by atoms with E-state index in [1.807, 2.05) is 24.3 Å². The highest BCUT2D eigenvalue weighted by atomic mass is 32.2. The molecule has 1 aromatic heterocycles. The van der Waals surface area contributed by atoms with Crippen molar-refractivity contribution in [3.63, 3.8) is 0 Å². The van der Waals surface area contributed by atoms with Gasteiger partial charge < -0.3 is 10.6 Å². The summed E-state index contributed by atoms with van der Waals surface area (Å²) in [5.74, 6) is 0.365. The van der Waals surface area contributed by atoms with E-state index >= 15 is 0 Å². The number of rotatable bonds is 9. The number of nitrogens with one attached hydrogen (secondary N) is 2. The number of anilines is 1. The number of sulfone groups is 1. The second-order valence-electron chi connectivity index (χ2n) is 8.00. The van der Waals surface area contributed by atoms with Crippen molar-refractivity contribution in [3.05, 3.63) is 69.8 Å². The van der Waals surface area contributed by atoms with E-state index in [4.69, 9.17) is 0 Å². The van der Waals surface area contributed by atoms with Gasteiger partial charge in [0.05, 0.1) is 15.5 Å². The summed E-state index contributed by atoms with van der Waals surface area (Å²) >= 11 is 0. The summed E-state index contributed by atoms with van der Waals surface area (Å²) in [7, 11) is -3.58. The molecule has 0 aliphatic rings. The first-order valence-corrected chi connectivity index (χ1v) is 12.4. The summed E-state index contributed by atoms with van der Waals surface area (Å²) < 4.78 is 24.9. The predicted octanol–water partition coefficient (Wildman–Crippen LogP) is 2.85. The molecular weight excluding hydrogens is 460 g/mol. The van der Waals surface area contributed by atoms with Gasteiger partial charge in [-0.25, -0.2) is 18.1 Å². The molecule has 0 aliphatic heterocycles. The molecule has 3 rings (SSSR count). The summed E-state index contributed by atoms with van der Waals surface area (Å²) in [6.45, 7) is 6.22. The molecule has 11 nitrogen and oxygen atoms in total. The minimum atomic E-state index is -3.58. The summed E-state index contributed by atoms with van der Waals surface area (Å²) in [5.41, 5.74) is 1.72. The zero-order valence-corrected chi connectivity index (χ0v) is 20.1. The number of para-hydroxylation sites is 1. The van der Waals surface area contributed by atoms with Gasteiger partial charge in [0.1, 0.15) is 11.5 Å². The molecule has 0 saturated carbocycles. The van der Waals surface area contributed by atoms with Gasteiger partial charge in [-0.3, -0.25) is 14.9 Å². The first-order chi connectivity index (χ1) is 16.0. The number of nitrogens with zero attached hydrogens (tertiary/aromatic N) is 4. The van der Waals surface area contributed by atoms with Crippen molar-refractivity contribution < 1.29 is 18.1 Å². The molecule has 0 atom stereocenters. The normalized spacial score (nSPS) is 11.4. The van der Waals surface area contributed by atoms with Crippen LogP contribution in [0.2, 0.25) is 0 Å². The van der Waals surface area contributed by atoms with Gasteiger partial charge in [-0.1, -0.05) is 32.0 Å². The predicted molar refractivity (Wildman–Crippen MR) is 127 cm³/mol. The lowest BCUT2D eigenvalue weighted by Gasteiger charge is -2.12. The Morgan fingerprint density at radius 2 is 1.88 bits per heavy atom. The van der Waals surface area contributed by atoms with Gasteiger partial charge in [0.15, 0.2) is 9.84 Å². The topological polar surface area (TPSA) is 149 Å². The Hall–Kier alpha value is -3.80. The van der Waals surface area contributed by atoms with Gasteiger partial charge in [0.25, 0.3) is 11.6 Å². The van der Waals surface area contributed by atoms with Gasteiger partial charge in [0.2, 0.25) is 5.82 Å². The van der Waals surface area contributed by atoms with Crippen molar-refractivity contribution in [2.24, 2.45) is 0 Å². The fourth-order valence-corrected chi connectivity index (χ4v) is 4.02. The van der Waals surface area contributed by atoms with Crippen molar-refractivity contribution in [1.29, 1.82) is 0 Å². The minimum Gasteiger partial charge on any atom is -0.378 e. The zero-order valence-electron chi connectivity index (χ0n) is 19.3. The Kier molecular flexibility index (Phi) is 7.30. The van der Waals surface area contributed by atoms with Crippen LogP contribution in [0.5, 0.6) is 0 Å². The quantitative estimate of drug-likeness (QED) is 0.266. The third-order valence-corrected chi connectivity index (χ3v) is 6.19. The molecule has 0 aliphatic carbocycles. The molecule has 2 aromatic carbocycles. The number of carbonyl (C=O) groups is 1.